The molecule has 23 heavy (non-hydrogen) atoms. The highest BCUT2D eigenvalue weighted by molar-refractivity contribution is 7.86. The standard InChI is InChI=1S/C16H17FO5S/c1-11-7-9-13(10-8-11)23(19,20)22-16(12(2)18)21-15-6-4-3-5-14(15)17/h3-10,12,16,18H,1-2H3. The summed E-state index contributed by atoms with van der Waals surface area (Å²) in [4.78, 5) is -0.0779. The van der Waals surface area contributed by atoms with Crippen molar-refractivity contribution in [3.8, 4) is 5.75 Å². The van der Waals surface area contributed by atoms with Gasteiger partial charge < -0.3 is 9.84 Å². The summed E-state index contributed by atoms with van der Waals surface area (Å²) < 4.78 is 48.1. The summed E-state index contributed by atoms with van der Waals surface area (Å²) in [7, 11) is -4.16. The molecule has 1 N–H and O–H groups in total. The van der Waals surface area contributed by atoms with Gasteiger partial charge in [0.1, 0.15) is 6.10 Å². The zero-order chi connectivity index (χ0) is 17.0. The van der Waals surface area contributed by atoms with Crippen molar-refractivity contribution in [1.82, 2.24) is 0 Å². The molecule has 0 saturated heterocycles. The van der Waals surface area contributed by atoms with E-state index < -0.39 is 28.3 Å². The zero-order valence-electron chi connectivity index (χ0n) is 12.6. The van der Waals surface area contributed by atoms with Crippen molar-refractivity contribution >= 4 is 10.1 Å². The quantitative estimate of drug-likeness (QED) is 0.646. The summed E-state index contributed by atoms with van der Waals surface area (Å²) in [5.41, 5.74) is 0.888. The van der Waals surface area contributed by atoms with Crippen molar-refractivity contribution in [2.75, 3.05) is 0 Å². The van der Waals surface area contributed by atoms with Gasteiger partial charge >= 0.3 is 0 Å². The molecule has 0 fully saturated rings. The molecule has 7 heteroatoms. The van der Waals surface area contributed by atoms with Crippen LogP contribution in [0.1, 0.15) is 12.5 Å². The van der Waals surface area contributed by atoms with Crippen LogP contribution in [-0.2, 0) is 14.3 Å². The Bertz CT molecular complexity index is 756. The van der Waals surface area contributed by atoms with Crippen LogP contribution in [0.25, 0.3) is 0 Å². The molecule has 0 aliphatic rings. The molecule has 2 aromatic rings. The lowest BCUT2D eigenvalue weighted by molar-refractivity contribution is -0.0757. The van der Waals surface area contributed by atoms with E-state index in [9.17, 15) is 17.9 Å². The molecular formula is C16H17FO5S. The number of hydrogen-bond donors (Lipinski definition) is 1. The van der Waals surface area contributed by atoms with Crippen molar-refractivity contribution in [2.24, 2.45) is 0 Å². The third kappa shape index (κ3) is 4.51. The van der Waals surface area contributed by atoms with Gasteiger partial charge in [-0.05, 0) is 38.1 Å². The van der Waals surface area contributed by atoms with E-state index in [1.807, 2.05) is 6.92 Å². The largest absolute Gasteiger partial charge is 0.458 e. The van der Waals surface area contributed by atoms with Crippen molar-refractivity contribution in [1.29, 1.82) is 0 Å². The fraction of sp³-hybridized carbons (Fsp3) is 0.250. The average Bonchev–Trinajstić information content (AvgIpc) is 2.49. The molecular weight excluding hydrogens is 323 g/mol. The van der Waals surface area contributed by atoms with E-state index >= 15 is 0 Å². The first kappa shape index (κ1) is 17.4. The van der Waals surface area contributed by atoms with Gasteiger partial charge in [0.05, 0.1) is 4.90 Å². The van der Waals surface area contributed by atoms with Crippen LogP contribution in [0.2, 0.25) is 0 Å². The van der Waals surface area contributed by atoms with Gasteiger partial charge in [0.2, 0.25) is 6.29 Å². The minimum absolute atomic E-state index is 0.0779. The van der Waals surface area contributed by atoms with Gasteiger partial charge in [-0.25, -0.2) is 8.57 Å². The normalized spacial score (nSPS) is 14.3. The van der Waals surface area contributed by atoms with Crippen LogP contribution >= 0.6 is 0 Å². The van der Waals surface area contributed by atoms with Crippen LogP contribution in [-0.4, -0.2) is 25.9 Å². The Hall–Kier alpha value is -1.96. The minimum atomic E-state index is -4.16. The highest BCUT2D eigenvalue weighted by Gasteiger charge is 2.27. The Kier molecular flexibility index (Phi) is 5.35. The number of rotatable bonds is 6. The topological polar surface area (TPSA) is 72.8 Å². The first-order valence-corrected chi connectivity index (χ1v) is 8.29. The molecule has 2 unspecified atom stereocenters. The number of aliphatic hydroxyl groups is 1. The maximum Gasteiger partial charge on any atom is 0.300 e. The molecule has 2 aromatic carbocycles. The van der Waals surface area contributed by atoms with Crippen LogP contribution in [0.15, 0.2) is 53.4 Å². The van der Waals surface area contributed by atoms with Crippen LogP contribution in [0.3, 0.4) is 0 Å². The van der Waals surface area contributed by atoms with Crippen LogP contribution in [0, 0.1) is 12.7 Å². The molecule has 124 valence electrons. The highest BCUT2D eigenvalue weighted by atomic mass is 32.2. The lowest BCUT2D eigenvalue weighted by Gasteiger charge is -2.21. The number of aliphatic hydroxyl groups excluding tert-OH is 1. The molecule has 0 radical (unpaired) electrons. The molecule has 0 aliphatic carbocycles. The molecule has 0 saturated carbocycles. The summed E-state index contributed by atoms with van der Waals surface area (Å²) in [6, 6.07) is 11.4. The molecule has 0 amide bonds. The van der Waals surface area contributed by atoms with E-state index in [1.54, 1.807) is 12.1 Å². The molecule has 0 heterocycles. The van der Waals surface area contributed by atoms with E-state index in [2.05, 4.69) is 0 Å². The van der Waals surface area contributed by atoms with E-state index in [0.29, 0.717) is 0 Å². The van der Waals surface area contributed by atoms with E-state index in [1.165, 1.54) is 37.3 Å². The van der Waals surface area contributed by atoms with Crippen LogP contribution < -0.4 is 4.74 Å². The second-order valence-corrected chi connectivity index (χ2v) is 6.59. The molecule has 2 atom stereocenters. The third-order valence-electron chi connectivity index (χ3n) is 3.00. The maximum absolute atomic E-state index is 13.6. The van der Waals surface area contributed by atoms with Crippen LogP contribution in [0.5, 0.6) is 5.75 Å². The van der Waals surface area contributed by atoms with Crippen molar-refractivity contribution in [2.45, 2.75) is 31.1 Å². The van der Waals surface area contributed by atoms with Gasteiger partial charge in [-0.15, -0.1) is 0 Å². The predicted molar refractivity (Wildman–Crippen MR) is 81.9 cm³/mol. The summed E-state index contributed by atoms with van der Waals surface area (Å²) in [6.07, 6.45) is -2.87. The number of halogens is 1. The van der Waals surface area contributed by atoms with Crippen molar-refractivity contribution < 1.29 is 26.8 Å². The monoisotopic (exact) mass is 340 g/mol. The van der Waals surface area contributed by atoms with E-state index in [0.717, 1.165) is 11.6 Å². The van der Waals surface area contributed by atoms with E-state index in [-0.39, 0.29) is 10.6 Å². The van der Waals surface area contributed by atoms with Crippen LogP contribution in [0.4, 0.5) is 4.39 Å². The van der Waals surface area contributed by atoms with Crippen molar-refractivity contribution in [3.05, 3.63) is 59.9 Å². The Morgan fingerprint density at radius 2 is 1.70 bits per heavy atom. The maximum atomic E-state index is 13.6. The summed E-state index contributed by atoms with van der Waals surface area (Å²) in [5.74, 6) is -0.896. The van der Waals surface area contributed by atoms with Gasteiger partial charge in [0.25, 0.3) is 10.1 Å². The smallest absolute Gasteiger partial charge is 0.300 e. The Morgan fingerprint density at radius 3 is 2.26 bits per heavy atom. The number of ether oxygens (including phenoxy) is 1. The molecule has 5 nitrogen and oxygen atoms in total. The number of para-hydroxylation sites is 1. The third-order valence-corrected chi connectivity index (χ3v) is 4.30. The van der Waals surface area contributed by atoms with Gasteiger partial charge in [-0.1, -0.05) is 29.8 Å². The average molecular weight is 340 g/mol. The lowest BCUT2D eigenvalue weighted by atomic mass is 10.2. The van der Waals surface area contributed by atoms with Gasteiger partial charge in [-0.2, -0.15) is 8.42 Å². The summed E-state index contributed by atoms with van der Waals surface area (Å²) >= 11 is 0. The van der Waals surface area contributed by atoms with Gasteiger partial charge in [0.15, 0.2) is 11.6 Å². The number of benzene rings is 2. The van der Waals surface area contributed by atoms with Crippen molar-refractivity contribution in [3.63, 3.8) is 0 Å². The molecule has 0 aromatic heterocycles. The highest BCUT2D eigenvalue weighted by Crippen LogP contribution is 2.22. The lowest BCUT2D eigenvalue weighted by Crippen LogP contribution is -2.34. The van der Waals surface area contributed by atoms with Gasteiger partial charge in [0, 0.05) is 0 Å². The number of aryl methyl sites for hydroxylation is 1. The Morgan fingerprint density at radius 1 is 1.09 bits per heavy atom. The molecule has 0 bridgehead atoms. The first-order valence-electron chi connectivity index (χ1n) is 6.89. The first-order chi connectivity index (χ1) is 10.8. The molecule has 2 rings (SSSR count). The number of hydrogen-bond acceptors (Lipinski definition) is 5. The fourth-order valence-corrected chi connectivity index (χ4v) is 2.78. The SMILES string of the molecule is Cc1ccc(S(=O)(=O)OC(Oc2ccccc2F)C(C)O)cc1. The second kappa shape index (κ2) is 7.08. The van der Waals surface area contributed by atoms with E-state index in [4.69, 9.17) is 8.92 Å². The zero-order valence-corrected chi connectivity index (χ0v) is 13.5. The van der Waals surface area contributed by atoms with Gasteiger partial charge in [-0.3, -0.25) is 0 Å². The molecule has 0 spiro atoms. The predicted octanol–water partition coefficient (Wildman–Crippen LogP) is 2.63. The summed E-state index contributed by atoms with van der Waals surface area (Å²) in [6.45, 7) is 3.10. The minimum Gasteiger partial charge on any atom is -0.458 e. The molecule has 0 aliphatic heterocycles. The Labute approximate surface area is 134 Å². The fourth-order valence-electron chi connectivity index (χ4n) is 1.75. The Balaban J connectivity index is 2.22. The summed E-state index contributed by atoms with van der Waals surface area (Å²) in [5, 5.41) is 9.68. The second-order valence-electron chi connectivity index (χ2n) is 5.02.